The predicted molar refractivity (Wildman–Crippen MR) is 113 cm³/mol. The predicted octanol–water partition coefficient (Wildman–Crippen LogP) is 3.28. The summed E-state index contributed by atoms with van der Waals surface area (Å²) in [5.41, 5.74) is 2.04. The molecule has 1 fully saturated rings. The number of carbonyl (C=O) groups excluding carboxylic acids is 1. The van der Waals surface area contributed by atoms with Crippen LogP contribution in [-0.4, -0.2) is 54.1 Å². The summed E-state index contributed by atoms with van der Waals surface area (Å²) >= 11 is 0. The van der Waals surface area contributed by atoms with Crippen LogP contribution in [0.15, 0.2) is 42.9 Å². The number of urea groups is 1. The van der Waals surface area contributed by atoms with Crippen molar-refractivity contribution in [2.24, 2.45) is 0 Å². The molecule has 1 aliphatic rings. The van der Waals surface area contributed by atoms with Gasteiger partial charge in [0, 0.05) is 45.6 Å². The number of carbonyl (C=O) groups is 1. The van der Waals surface area contributed by atoms with Crippen LogP contribution in [-0.2, 0) is 0 Å². The summed E-state index contributed by atoms with van der Waals surface area (Å²) in [4.78, 5) is 25.1. The standard InChI is InChI=1S/C21H30N6O/c1-16(17-6-4-11-22-14-17)24-21(28)27-12-5-7-18(10-13-27)25-19-8-9-20(23-15-19)26(2)3/h4,6,8-9,11,14-16,18,25H,5,7,10,12-13H2,1-3H3,(H,24,28)/t16-,18+/m1/s1. The number of rotatable bonds is 5. The molecule has 1 aliphatic heterocycles. The molecular formula is C21H30N6O. The molecule has 0 unspecified atom stereocenters. The molecule has 28 heavy (non-hydrogen) atoms. The second kappa shape index (κ2) is 9.39. The minimum atomic E-state index is -0.0559. The number of hydrogen-bond donors (Lipinski definition) is 2. The normalized spacial score (nSPS) is 18.1. The first kappa shape index (κ1) is 19.9. The summed E-state index contributed by atoms with van der Waals surface area (Å²) in [5.74, 6) is 0.942. The van der Waals surface area contributed by atoms with E-state index in [-0.39, 0.29) is 12.1 Å². The van der Waals surface area contributed by atoms with E-state index in [1.165, 1.54) is 0 Å². The highest BCUT2D eigenvalue weighted by Crippen LogP contribution is 2.19. The molecule has 0 bridgehead atoms. The highest BCUT2D eigenvalue weighted by atomic mass is 16.2. The van der Waals surface area contributed by atoms with Crippen molar-refractivity contribution < 1.29 is 4.79 Å². The van der Waals surface area contributed by atoms with Gasteiger partial charge in [0.2, 0.25) is 0 Å². The summed E-state index contributed by atoms with van der Waals surface area (Å²) in [6.45, 7) is 3.51. The molecule has 2 amide bonds. The Morgan fingerprint density at radius 1 is 1.21 bits per heavy atom. The lowest BCUT2D eigenvalue weighted by Gasteiger charge is -2.24. The van der Waals surface area contributed by atoms with Gasteiger partial charge in [0.05, 0.1) is 17.9 Å². The monoisotopic (exact) mass is 382 g/mol. The number of anilines is 2. The first-order valence-electron chi connectivity index (χ1n) is 9.88. The van der Waals surface area contributed by atoms with Gasteiger partial charge >= 0.3 is 6.03 Å². The number of pyridine rings is 2. The van der Waals surface area contributed by atoms with Gasteiger partial charge < -0.3 is 20.4 Å². The van der Waals surface area contributed by atoms with Gasteiger partial charge in [-0.1, -0.05) is 6.07 Å². The van der Waals surface area contributed by atoms with E-state index in [1.807, 2.05) is 55.2 Å². The summed E-state index contributed by atoms with van der Waals surface area (Å²) in [6.07, 6.45) is 8.35. The zero-order valence-electron chi connectivity index (χ0n) is 16.9. The molecule has 7 nitrogen and oxygen atoms in total. The maximum Gasteiger partial charge on any atom is 0.317 e. The van der Waals surface area contributed by atoms with Gasteiger partial charge in [0.1, 0.15) is 5.82 Å². The Balaban J connectivity index is 1.50. The maximum atomic E-state index is 12.7. The van der Waals surface area contributed by atoms with Crippen molar-refractivity contribution in [3.63, 3.8) is 0 Å². The fraction of sp³-hybridized carbons (Fsp3) is 0.476. The van der Waals surface area contributed by atoms with Crippen molar-refractivity contribution in [3.8, 4) is 0 Å². The Morgan fingerprint density at radius 2 is 2.07 bits per heavy atom. The number of hydrogen-bond acceptors (Lipinski definition) is 5. The van der Waals surface area contributed by atoms with Crippen LogP contribution >= 0.6 is 0 Å². The summed E-state index contributed by atoms with van der Waals surface area (Å²) in [6, 6.07) is 8.23. The van der Waals surface area contributed by atoms with Gasteiger partial charge in [0.25, 0.3) is 0 Å². The van der Waals surface area contributed by atoms with Gasteiger partial charge in [-0.05, 0) is 49.9 Å². The molecule has 2 N–H and O–H groups in total. The van der Waals surface area contributed by atoms with E-state index in [9.17, 15) is 4.79 Å². The molecule has 3 rings (SSSR count). The maximum absolute atomic E-state index is 12.7. The molecule has 7 heteroatoms. The lowest BCUT2D eigenvalue weighted by atomic mass is 10.1. The molecule has 3 heterocycles. The molecule has 1 saturated heterocycles. The zero-order valence-corrected chi connectivity index (χ0v) is 16.9. The van der Waals surface area contributed by atoms with Crippen molar-refractivity contribution in [1.82, 2.24) is 20.2 Å². The van der Waals surface area contributed by atoms with Crippen molar-refractivity contribution in [3.05, 3.63) is 48.4 Å². The lowest BCUT2D eigenvalue weighted by Crippen LogP contribution is -2.41. The summed E-state index contributed by atoms with van der Waals surface area (Å²) in [7, 11) is 3.96. The SMILES string of the molecule is C[C@@H](NC(=O)N1CCC[C@H](Nc2ccc(N(C)C)nc2)CC1)c1cccnc1. The number of nitrogens with zero attached hydrogens (tertiary/aromatic N) is 4. The van der Waals surface area contributed by atoms with E-state index in [2.05, 4.69) is 26.7 Å². The van der Waals surface area contributed by atoms with Crippen LogP contribution in [0.1, 0.15) is 37.8 Å². The van der Waals surface area contributed by atoms with E-state index in [4.69, 9.17) is 0 Å². The van der Waals surface area contributed by atoms with E-state index in [0.717, 1.165) is 49.4 Å². The largest absolute Gasteiger partial charge is 0.381 e. The first-order chi connectivity index (χ1) is 13.5. The Morgan fingerprint density at radius 3 is 2.75 bits per heavy atom. The third-order valence-electron chi connectivity index (χ3n) is 5.12. The number of amides is 2. The molecule has 0 aliphatic carbocycles. The number of nitrogens with one attached hydrogen (secondary N) is 2. The minimum absolute atomic E-state index is 0.00555. The van der Waals surface area contributed by atoms with Crippen LogP contribution in [0.3, 0.4) is 0 Å². The first-order valence-corrected chi connectivity index (χ1v) is 9.88. The third-order valence-corrected chi connectivity index (χ3v) is 5.12. The second-order valence-electron chi connectivity index (χ2n) is 7.52. The average molecular weight is 383 g/mol. The highest BCUT2D eigenvalue weighted by molar-refractivity contribution is 5.74. The third kappa shape index (κ3) is 5.34. The van der Waals surface area contributed by atoms with Crippen molar-refractivity contribution in [2.75, 3.05) is 37.4 Å². The molecule has 150 valence electrons. The van der Waals surface area contributed by atoms with Crippen LogP contribution in [0, 0.1) is 0 Å². The number of likely N-dealkylation sites (tertiary alicyclic amines) is 1. The van der Waals surface area contributed by atoms with Gasteiger partial charge in [-0.2, -0.15) is 0 Å². The van der Waals surface area contributed by atoms with E-state index in [1.54, 1.807) is 12.4 Å². The minimum Gasteiger partial charge on any atom is -0.381 e. The van der Waals surface area contributed by atoms with E-state index >= 15 is 0 Å². The van der Waals surface area contributed by atoms with Gasteiger partial charge in [0.15, 0.2) is 0 Å². The molecule has 0 radical (unpaired) electrons. The molecule has 0 aromatic carbocycles. The van der Waals surface area contributed by atoms with Crippen LogP contribution in [0.5, 0.6) is 0 Å². The molecule has 0 spiro atoms. The van der Waals surface area contributed by atoms with Crippen molar-refractivity contribution in [1.29, 1.82) is 0 Å². The molecule has 2 aromatic heterocycles. The van der Waals surface area contributed by atoms with Gasteiger partial charge in [-0.15, -0.1) is 0 Å². The Kier molecular flexibility index (Phi) is 6.68. The van der Waals surface area contributed by atoms with Crippen LogP contribution in [0.25, 0.3) is 0 Å². The average Bonchev–Trinajstić information content (AvgIpc) is 2.94. The van der Waals surface area contributed by atoms with Crippen molar-refractivity contribution >= 4 is 17.5 Å². The molecular weight excluding hydrogens is 352 g/mol. The Bertz CT molecular complexity index is 749. The van der Waals surface area contributed by atoms with E-state index in [0.29, 0.717) is 6.04 Å². The van der Waals surface area contributed by atoms with E-state index < -0.39 is 0 Å². The fourth-order valence-corrected chi connectivity index (χ4v) is 3.41. The smallest absolute Gasteiger partial charge is 0.317 e. The zero-order chi connectivity index (χ0) is 19.9. The van der Waals surface area contributed by atoms with Crippen LogP contribution in [0.4, 0.5) is 16.3 Å². The lowest BCUT2D eigenvalue weighted by molar-refractivity contribution is 0.196. The number of aromatic nitrogens is 2. The second-order valence-corrected chi connectivity index (χ2v) is 7.52. The molecule has 2 atom stereocenters. The summed E-state index contributed by atoms with van der Waals surface area (Å²) in [5, 5.41) is 6.65. The van der Waals surface area contributed by atoms with Crippen molar-refractivity contribution in [2.45, 2.75) is 38.3 Å². The van der Waals surface area contributed by atoms with Crippen LogP contribution in [0.2, 0.25) is 0 Å². The highest BCUT2D eigenvalue weighted by Gasteiger charge is 2.22. The summed E-state index contributed by atoms with van der Waals surface area (Å²) < 4.78 is 0. The molecule has 2 aromatic rings. The Hall–Kier alpha value is -2.83. The van der Waals surface area contributed by atoms with Gasteiger partial charge in [-0.25, -0.2) is 9.78 Å². The molecule has 0 saturated carbocycles. The van der Waals surface area contributed by atoms with Crippen LogP contribution < -0.4 is 15.5 Å². The Labute approximate surface area is 167 Å². The fourth-order valence-electron chi connectivity index (χ4n) is 3.41. The quantitative estimate of drug-likeness (QED) is 0.830. The van der Waals surface area contributed by atoms with Gasteiger partial charge in [-0.3, -0.25) is 4.98 Å². The topological polar surface area (TPSA) is 73.4 Å².